The Morgan fingerprint density at radius 3 is 2.93 bits per heavy atom. The first kappa shape index (κ1) is 17.2. The Balaban J connectivity index is 1.68. The highest BCUT2D eigenvalue weighted by Gasteiger charge is 2.24. The van der Waals surface area contributed by atoms with E-state index in [2.05, 4.69) is 20.6 Å². The van der Waals surface area contributed by atoms with Gasteiger partial charge in [-0.15, -0.1) is 0 Å². The van der Waals surface area contributed by atoms with Crippen LogP contribution in [0.15, 0.2) is 42.6 Å². The number of anilines is 1. The number of rotatable bonds is 3. The van der Waals surface area contributed by atoms with Crippen LogP contribution in [0.1, 0.15) is 22.5 Å². The molecule has 0 unspecified atom stereocenters. The number of hydrogen-bond donors (Lipinski definition) is 3. The molecule has 0 fully saturated rings. The molecule has 0 bridgehead atoms. The summed E-state index contributed by atoms with van der Waals surface area (Å²) >= 11 is 5.74. The Kier molecular flexibility index (Phi) is 4.37. The lowest BCUT2D eigenvalue weighted by atomic mass is 9.98. The van der Waals surface area contributed by atoms with Crippen LogP contribution in [0.3, 0.4) is 0 Å². The van der Waals surface area contributed by atoms with Crippen molar-refractivity contribution in [2.45, 2.75) is 6.42 Å². The summed E-state index contributed by atoms with van der Waals surface area (Å²) in [6.07, 6.45) is 3.24. The maximum absolute atomic E-state index is 13.8. The van der Waals surface area contributed by atoms with E-state index in [9.17, 15) is 14.0 Å². The number of nitrogens with zero attached hydrogens (tertiary/aromatic N) is 1. The molecule has 1 aliphatic heterocycles. The van der Waals surface area contributed by atoms with Crippen molar-refractivity contribution < 1.29 is 14.0 Å². The van der Waals surface area contributed by atoms with Crippen molar-refractivity contribution in [3.05, 3.63) is 64.8 Å². The third kappa shape index (κ3) is 3.41. The highest BCUT2D eigenvalue weighted by atomic mass is 35.5. The maximum atomic E-state index is 13.8. The van der Waals surface area contributed by atoms with Crippen molar-refractivity contribution in [2.24, 2.45) is 0 Å². The molecule has 1 aliphatic rings. The number of carbonyl (C=O) groups excluding carboxylic acids is 2. The first-order valence-corrected chi connectivity index (χ1v) is 8.59. The third-order valence-corrected chi connectivity index (χ3v) is 4.51. The van der Waals surface area contributed by atoms with Gasteiger partial charge in [0.1, 0.15) is 16.7 Å². The fourth-order valence-electron chi connectivity index (χ4n) is 3.11. The molecule has 0 spiro atoms. The number of aromatic nitrogens is 2. The summed E-state index contributed by atoms with van der Waals surface area (Å²) in [4.78, 5) is 31.7. The molecule has 0 aliphatic carbocycles. The summed E-state index contributed by atoms with van der Waals surface area (Å²) in [6, 6.07) is 7.47. The third-order valence-electron chi connectivity index (χ3n) is 4.28. The number of benzene rings is 1. The van der Waals surface area contributed by atoms with Crippen molar-refractivity contribution in [2.75, 3.05) is 11.9 Å². The van der Waals surface area contributed by atoms with Crippen LogP contribution < -0.4 is 10.6 Å². The van der Waals surface area contributed by atoms with Crippen LogP contribution in [0.2, 0.25) is 5.15 Å². The lowest BCUT2D eigenvalue weighted by Crippen LogP contribution is -2.22. The zero-order valence-corrected chi connectivity index (χ0v) is 14.7. The average Bonchev–Trinajstić information content (AvgIpc) is 2.94. The van der Waals surface area contributed by atoms with Gasteiger partial charge in [0.05, 0.1) is 18.3 Å². The van der Waals surface area contributed by atoms with Crippen LogP contribution in [-0.2, 0) is 4.79 Å². The summed E-state index contributed by atoms with van der Waals surface area (Å²) in [5.41, 5.74) is 2.65. The van der Waals surface area contributed by atoms with E-state index in [1.807, 2.05) is 0 Å². The Labute approximate surface area is 158 Å². The van der Waals surface area contributed by atoms with Crippen molar-refractivity contribution in [1.29, 1.82) is 0 Å². The predicted molar refractivity (Wildman–Crippen MR) is 101 cm³/mol. The van der Waals surface area contributed by atoms with E-state index >= 15 is 0 Å². The van der Waals surface area contributed by atoms with Crippen LogP contribution in [0.4, 0.5) is 10.1 Å². The number of nitrogens with one attached hydrogen (secondary N) is 3. The van der Waals surface area contributed by atoms with E-state index in [-0.39, 0.29) is 24.8 Å². The van der Waals surface area contributed by atoms with E-state index in [0.717, 1.165) is 0 Å². The quantitative estimate of drug-likeness (QED) is 0.604. The molecule has 8 heteroatoms. The summed E-state index contributed by atoms with van der Waals surface area (Å²) in [7, 11) is 0. The van der Waals surface area contributed by atoms with Crippen molar-refractivity contribution in [1.82, 2.24) is 15.3 Å². The zero-order valence-electron chi connectivity index (χ0n) is 14.0. The van der Waals surface area contributed by atoms with Crippen molar-refractivity contribution in [3.63, 3.8) is 0 Å². The summed E-state index contributed by atoms with van der Waals surface area (Å²) < 4.78 is 13.8. The number of amides is 2. The molecule has 3 heterocycles. The van der Waals surface area contributed by atoms with Gasteiger partial charge in [0.25, 0.3) is 5.91 Å². The van der Waals surface area contributed by atoms with Gasteiger partial charge in [-0.05, 0) is 35.9 Å². The molecule has 0 atom stereocenters. The number of H-pyrrole nitrogens is 1. The summed E-state index contributed by atoms with van der Waals surface area (Å²) in [6.45, 7) is 0.281. The molecule has 4 rings (SSSR count). The van der Waals surface area contributed by atoms with Gasteiger partial charge in [-0.3, -0.25) is 9.59 Å². The van der Waals surface area contributed by atoms with E-state index < -0.39 is 5.82 Å². The van der Waals surface area contributed by atoms with Crippen LogP contribution in [-0.4, -0.2) is 28.3 Å². The zero-order chi connectivity index (χ0) is 19.0. The molecular weight excluding hydrogens is 371 g/mol. The SMILES string of the molecule is O=C(CC1=CCNC(=O)c2[nH]c3ccc(F)cc3c21)Nc1ccc(Cl)nc1. The van der Waals surface area contributed by atoms with E-state index in [0.29, 0.717) is 38.6 Å². The lowest BCUT2D eigenvalue weighted by molar-refractivity contribution is -0.115. The van der Waals surface area contributed by atoms with Gasteiger partial charge < -0.3 is 15.6 Å². The van der Waals surface area contributed by atoms with Crippen LogP contribution in [0, 0.1) is 5.82 Å². The topological polar surface area (TPSA) is 86.9 Å². The van der Waals surface area contributed by atoms with E-state index in [1.54, 1.807) is 24.3 Å². The monoisotopic (exact) mass is 384 g/mol. The van der Waals surface area contributed by atoms with E-state index in [1.165, 1.54) is 18.3 Å². The Hall–Kier alpha value is -3.19. The van der Waals surface area contributed by atoms with Gasteiger partial charge in [-0.1, -0.05) is 17.7 Å². The molecule has 3 aromatic rings. The Morgan fingerprint density at radius 2 is 2.15 bits per heavy atom. The largest absolute Gasteiger partial charge is 0.350 e. The van der Waals surface area contributed by atoms with Crippen LogP contribution in [0.25, 0.3) is 16.5 Å². The highest BCUT2D eigenvalue weighted by Crippen LogP contribution is 2.32. The minimum absolute atomic E-state index is 0.0219. The van der Waals surface area contributed by atoms with E-state index in [4.69, 9.17) is 11.6 Å². The number of pyridine rings is 1. The molecule has 3 N–H and O–H groups in total. The predicted octanol–water partition coefficient (Wildman–Crippen LogP) is 3.51. The molecule has 2 aromatic heterocycles. The molecular formula is C19H14ClFN4O2. The van der Waals surface area contributed by atoms with Crippen LogP contribution in [0.5, 0.6) is 0 Å². The first-order chi connectivity index (χ1) is 13.0. The van der Waals surface area contributed by atoms with Gasteiger partial charge in [0, 0.05) is 23.0 Å². The highest BCUT2D eigenvalue weighted by molar-refractivity contribution is 6.29. The summed E-state index contributed by atoms with van der Waals surface area (Å²) in [5.74, 6) is -0.989. The minimum Gasteiger partial charge on any atom is -0.350 e. The van der Waals surface area contributed by atoms with Gasteiger partial charge in [-0.25, -0.2) is 9.37 Å². The van der Waals surface area contributed by atoms with Gasteiger partial charge in [-0.2, -0.15) is 0 Å². The van der Waals surface area contributed by atoms with Gasteiger partial charge >= 0.3 is 0 Å². The van der Waals surface area contributed by atoms with Gasteiger partial charge in [0.2, 0.25) is 5.91 Å². The van der Waals surface area contributed by atoms with Crippen LogP contribution >= 0.6 is 11.6 Å². The van der Waals surface area contributed by atoms with Crippen molar-refractivity contribution in [3.8, 4) is 0 Å². The average molecular weight is 385 g/mol. The number of aromatic amines is 1. The first-order valence-electron chi connectivity index (χ1n) is 8.21. The second kappa shape index (κ2) is 6.85. The molecule has 0 saturated heterocycles. The number of carbonyl (C=O) groups is 2. The Bertz CT molecular complexity index is 1090. The summed E-state index contributed by atoms with van der Waals surface area (Å²) in [5, 5.41) is 6.37. The molecule has 6 nitrogen and oxygen atoms in total. The fourth-order valence-corrected chi connectivity index (χ4v) is 3.23. The molecule has 0 saturated carbocycles. The maximum Gasteiger partial charge on any atom is 0.268 e. The molecule has 2 amide bonds. The lowest BCUT2D eigenvalue weighted by Gasteiger charge is -2.08. The number of hydrogen-bond acceptors (Lipinski definition) is 3. The molecule has 0 radical (unpaired) electrons. The number of halogens is 2. The minimum atomic E-state index is -0.412. The Morgan fingerprint density at radius 1 is 1.30 bits per heavy atom. The van der Waals surface area contributed by atoms with Crippen molar-refractivity contribution >= 4 is 45.6 Å². The fraction of sp³-hybridized carbons (Fsp3) is 0.105. The number of fused-ring (bicyclic) bond motifs is 3. The van der Waals surface area contributed by atoms with Gasteiger partial charge in [0.15, 0.2) is 0 Å². The standard InChI is InChI=1S/C19H14ClFN4O2/c20-15-4-2-12(9-23-15)24-16(26)7-10-5-6-22-19(27)18-17(10)13-8-11(21)1-3-14(13)25-18/h1-5,8-9,25H,6-7H2,(H,22,27)(H,24,26). The second-order valence-electron chi connectivity index (χ2n) is 6.10. The normalized spacial score (nSPS) is 13.6. The molecule has 27 heavy (non-hydrogen) atoms. The second-order valence-corrected chi connectivity index (χ2v) is 6.49. The molecule has 136 valence electrons. The smallest absolute Gasteiger partial charge is 0.268 e. The molecule has 1 aromatic carbocycles.